The molecule has 0 unspecified atom stereocenters. The van der Waals surface area contributed by atoms with Gasteiger partial charge in [0.1, 0.15) is 0 Å². The second kappa shape index (κ2) is 13.2. The highest BCUT2D eigenvalue weighted by molar-refractivity contribution is 6.10. The Morgan fingerprint density at radius 1 is 1.07 bits per heavy atom. The van der Waals surface area contributed by atoms with Crippen molar-refractivity contribution in [3.05, 3.63) is 77.2 Å². The first-order chi connectivity index (χ1) is 14.0. The zero-order valence-electron chi connectivity index (χ0n) is 18.7. The van der Waals surface area contributed by atoms with Gasteiger partial charge in [-0.1, -0.05) is 43.9 Å². The van der Waals surface area contributed by atoms with Crippen LogP contribution in [0.3, 0.4) is 0 Å². The molecule has 1 rings (SSSR count). The van der Waals surface area contributed by atoms with Crippen LogP contribution in [0.4, 0.5) is 0 Å². The molecule has 1 aromatic carbocycles. The second-order valence-corrected chi connectivity index (χ2v) is 6.51. The van der Waals surface area contributed by atoms with E-state index in [-0.39, 0.29) is 0 Å². The van der Waals surface area contributed by atoms with E-state index in [0.717, 1.165) is 52.2 Å². The third-order valence-electron chi connectivity index (χ3n) is 4.38. The number of hydrogen-bond acceptors (Lipinski definition) is 4. The molecule has 1 N–H and O–H groups in total. The van der Waals surface area contributed by atoms with Crippen molar-refractivity contribution in [2.45, 2.75) is 34.1 Å². The highest BCUT2D eigenvalue weighted by Crippen LogP contribution is 2.18. The molecular weight excluding hydrogens is 356 g/mol. The summed E-state index contributed by atoms with van der Waals surface area (Å²) in [5, 5.41) is 3.36. The van der Waals surface area contributed by atoms with Crippen molar-refractivity contribution in [3.63, 3.8) is 0 Å². The van der Waals surface area contributed by atoms with Crippen molar-refractivity contribution in [2.24, 2.45) is 15.0 Å². The molecule has 0 atom stereocenters. The van der Waals surface area contributed by atoms with E-state index in [1.807, 2.05) is 51.5 Å². The zero-order valence-corrected chi connectivity index (χ0v) is 18.7. The van der Waals surface area contributed by atoms with Gasteiger partial charge in [-0.25, -0.2) is 0 Å². The van der Waals surface area contributed by atoms with E-state index in [1.54, 1.807) is 14.1 Å². The van der Waals surface area contributed by atoms with Crippen LogP contribution < -0.4 is 5.32 Å². The van der Waals surface area contributed by atoms with Crippen molar-refractivity contribution in [1.29, 1.82) is 0 Å². The van der Waals surface area contributed by atoms with Gasteiger partial charge in [-0.3, -0.25) is 15.0 Å². The zero-order chi connectivity index (χ0) is 21.6. The molecule has 0 bridgehead atoms. The molecule has 0 aromatic heterocycles. The SMILES string of the molecule is C=C(NCCC)C(=C\N=C(/C)c1cccc(C(/C=N\C)=C/C)c1)/C(/C=N\C)=C/C. The molecule has 0 aliphatic carbocycles. The van der Waals surface area contributed by atoms with Crippen LogP contribution in [0.2, 0.25) is 0 Å². The maximum atomic E-state index is 4.75. The van der Waals surface area contributed by atoms with E-state index in [2.05, 4.69) is 53.1 Å². The number of aliphatic imine (C=N–C) groups is 3. The number of nitrogens with one attached hydrogen (secondary N) is 1. The average Bonchev–Trinajstić information content (AvgIpc) is 2.75. The molecule has 0 amide bonds. The van der Waals surface area contributed by atoms with Gasteiger partial charge in [-0.15, -0.1) is 0 Å². The molecule has 0 spiro atoms. The van der Waals surface area contributed by atoms with Gasteiger partial charge in [0.05, 0.1) is 0 Å². The van der Waals surface area contributed by atoms with Crippen LogP contribution in [0, 0.1) is 0 Å². The molecule has 0 saturated heterocycles. The Kier molecular flexibility index (Phi) is 10.9. The van der Waals surface area contributed by atoms with Gasteiger partial charge in [-0.05, 0) is 55.5 Å². The highest BCUT2D eigenvalue weighted by Gasteiger charge is 2.07. The van der Waals surface area contributed by atoms with E-state index >= 15 is 0 Å². The van der Waals surface area contributed by atoms with Crippen molar-refractivity contribution >= 4 is 23.7 Å². The fourth-order valence-electron chi connectivity index (χ4n) is 2.75. The molecule has 29 heavy (non-hydrogen) atoms. The van der Waals surface area contributed by atoms with Gasteiger partial charge >= 0.3 is 0 Å². The first-order valence-electron chi connectivity index (χ1n) is 9.98. The molecule has 0 heterocycles. The van der Waals surface area contributed by atoms with Gasteiger partial charge in [-0.2, -0.15) is 0 Å². The van der Waals surface area contributed by atoms with Gasteiger partial charge in [0.2, 0.25) is 0 Å². The van der Waals surface area contributed by atoms with Gasteiger partial charge in [0.25, 0.3) is 0 Å². The van der Waals surface area contributed by atoms with Crippen molar-refractivity contribution < 1.29 is 0 Å². The third kappa shape index (κ3) is 7.49. The maximum Gasteiger partial charge on any atom is 0.0445 e. The van der Waals surface area contributed by atoms with E-state index in [4.69, 9.17) is 4.99 Å². The Hall–Kier alpha value is -3.01. The highest BCUT2D eigenvalue weighted by atomic mass is 14.9. The van der Waals surface area contributed by atoms with Crippen LogP contribution in [-0.4, -0.2) is 38.8 Å². The minimum atomic E-state index is 0.848. The lowest BCUT2D eigenvalue weighted by molar-refractivity contribution is 0.780. The lowest BCUT2D eigenvalue weighted by Gasteiger charge is -2.13. The third-order valence-corrected chi connectivity index (χ3v) is 4.38. The van der Waals surface area contributed by atoms with Crippen LogP contribution in [-0.2, 0) is 0 Å². The standard InChI is InChI=1S/C25H34N4/c1-8-14-28-20(5)25(22(10-3)17-27-7)18-29-19(4)23-12-11-13-24(15-23)21(9-2)16-26-6/h9-13,15-18,28H,5,8,14H2,1-4,6-7H3/b21-9+,22-10+,25-18+,26-16-,27-17-,29-19+. The molecule has 0 aliphatic rings. The largest absolute Gasteiger partial charge is 0.385 e. The van der Waals surface area contributed by atoms with E-state index < -0.39 is 0 Å². The van der Waals surface area contributed by atoms with Crippen molar-refractivity contribution in [1.82, 2.24) is 5.32 Å². The number of nitrogens with zero attached hydrogens (tertiary/aromatic N) is 3. The Balaban J connectivity index is 3.32. The summed E-state index contributed by atoms with van der Waals surface area (Å²) in [6, 6.07) is 8.34. The van der Waals surface area contributed by atoms with Crippen LogP contribution in [0.5, 0.6) is 0 Å². The van der Waals surface area contributed by atoms with E-state index in [9.17, 15) is 0 Å². The normalized spacial score (nSPS) is 14.1. The summed E-state index contributed by atoms with van der Waals surface area (Å²) < 4.78 is 0. The molecule has 1 aromatic rings. The Labute approximate surface area is 176 Å². The number of allylic oxidation sites excluding steroid dienone is 4. The maximum absolute atomic E-state index is 4.75. The van der Waals surface area contributed by atoms with E-state index in [1.165, 1.54) is 0 Å². The first-order valence-corrected chi connectivity index (χ1v) is 9.98. The average molecular weight is 391 g/mol. The van der Waals surface area contributed by atoms with Crippen molar-refractivity contribution in [3.8, 4) is 0 Å². The summed E-state index contributed by atoms with van der Waals surface area (Å²) in [5.74, 6) is 0. The summed E-state index contributed by atoms with van der Waals surface area (Å²) in [4.78, 5) is 13.0. The Bertz CT molecular complexity index is 865. The van der Waals surface area contributed by atoms with Crippen LogP contribution >= 0.6 is 0 Å². The number of hydrogen-bond donors (Lipinski definition) is 1. The molecule has 0 aliphatic heterocycles. The van der Waals surface area contributed by atoms with Gasteiger partial charge in [0, 0.05) is 56.3 Å². The predicted octanol–water partition coefficient (Wildman–Crippen LogP) is 5.64. The van der Waals surface area contributed by atoms with Crippen molar-refractivity contribution in [2.75, 3.05) is 20.6 Å². The first kappa shape index (κ1) is 24.0. The fourth-order valence-corrected chi connectivity index (χ4v) is 2.75. The Morgan fingerprint density at radius 2 is 1.76 bits per heavy atom. The summed E-state index contributed by atoms with van der Waals surface area (Å²) in [5.41, 5.74) is 6.98. The van der Waals surface area contributed by atoms with Crippen LogP contribution in [0.25, 0.3) is 5.57 Å². The number of rotatable bonds is 10. The van der Waals surface area contributed by atoms with Crippen LogP contribution in [0.15, 0.2) is 81.0 Å². The molecule has 4 nitrogen and oxygen atoms in total. The molecule has 154 valence electrons. The summed E-state index contributed by atoms with van der Waals surface area (Å²) in [7, 11) is 3.55. The minimum absolute atomic E-state index is 0.848. The topological polar surface area (TPSA) is 49.1 Å². The molecular formula is C25H34N4. The lowest BCUT2D eigenvalue weighted by atomic mass is 10.0. The summed E-state index contributed by atoms with van der Waals surface area (Å²) >= 11 is 0. The smallest absolute Gasteiger partial charge is 0.0445 e. The fraction of sp³-hybridized carbons (Fsp3) is 0.320. The minimum Gasteiger partial charge on any atom is -0.385 e. The summed E-state index contributed by atoms with van der Waals surface area (Å²) in [6.45, 7) is 13.2. The predicted molar refractivity (Wildman–Crippen MR) is 130 cm³/mol. The number of benzene rings is 1. The summed E-state index contributed by atoms with van der Waals surface area (Å²) in [6.07, 6.45) is 10.7. The van der Waals surface area contributed by atoms with Gasteiger partial charge in [0.15, 0.2) is 0 Å². The Morgan fingerprint density at radius 3 is 2.34 bits per heavy atom. The second-order valence-electron chi connectivity index (χ2n) is 6.51. The molecule has 4 heteroatoms. The molecule has 0 radical (unpaired) electrons. The quantitative estimate of drug-likeness (QED) is 0.408. The lowest BCUT2D eigenvalue weighted by Crippen LogP contribution is -2.16. The molecule has 0 fully saturated rings. The van der Waals surface area contributed by atoms with E-state index in [0.29, 0.717) is 0 Å². The van der Waals surface area contributed by atoms with Gasteiger partial charge < -0.3 is 5.32 Å². The molecule has 0 saturated carbocycles. The van der Waals surface area contributed by atoms with Crippen LogP contribution in [0.1, 0.15) is 45.2 Å². The monoisotopic (exact) mass is 390 g/mol.